The Kier molecular flexibility index (Phi) is 9.63. The first-order chi connectivity index (χ1) is 14.8. The second-order valence-electron chi connectivity index (χ2n) is 8.53. The maximum Gasteiger partial charge on any atom is 0.322 e. The molecule has 0 spiro atoms. The zero-order valence-corrected chi connectivity index (χ0v) is 19.7. The van der Waals surface area contributed by atoms with Gasteiger partial charge in [0.1, 0.15) is 6.54 Å². The van der Waals surface area contributed by atoms with Crippen molar-refractivity contribution in [2.24, 2.45) is 13.0 Å². The summed E-state index contributed by atoms with van der Waals surface area (Å²) in [5, 5.41) is 2.95. The summed E-state index contributed by atoms with van der Waals surface area (Å²) < 4.78 is 2.03. The average molecular weight is 427 g/mol. The molecule has 6 nitrogen and oxygen atoms in total. The summed E-state index contributed by atoms with van der Waals surface area (Å²) in [6.45, 7) is 10.2. The van der Waals surface area contributed by atoms with Gasteiger partial charge in [0.2, 0.25) is 5.91 Å². The largest absolute Gasteiger partial charge is 0.353 e. The van der Waals surface area contributed by atoms with Gasteiger partial charge >= 0.3 is 6.03 Å². The number of hydrogen-bond acceptors (Lipinski definition) is 2. The van der Waals surface area contributed by atoms with Crippen molar-refractivity contribution >= 4 is 17.6 Å². The molecule has 1 N–H and O–H groups in total. The van der Waals surface area contributed by atoms with E-state index in [0.717, 1.165) is 30.6 Å². The van der Waals surface area contributed by atoms with Crippen LogP contribution in [0.2, 0.25) is 0 Å². The van der Waals surface area contributed by atoms with Crippen molar-refractivity contribution in [1.82, 2.24) is 14.4 Å². The van der Waals surface area contributed by atoms with Crippen LogP contribution in [0.1, 0.15) is 51.8 Å². The standard InChI is InChI=1S/C25H38N4O2/c1-6-8-16-28(18-23-10-9-15-27(23)5)24(30)19-29(17-20(3)4)25(31)26-22-13-11-21(7-2)12-14-22/h9-15,20H,6-8,16-19H2,1-5H3,(H,26,31). The van der Waals surface area contributed by atoms with Crippen molar-refractivity contribution in [2.75, 3.05) is 25.0 Å². The van der Waals surface area contributed by atoms with E-state index < -0.39 is 0 Å². The van der Waals surface area contributed by atoms with Crippen LogP contribution < -0.4 is 5.32 Å². The molecule has 1 aromatic heterocycles. The molecule has 3 amide bonds. The van der Waals surface area contributed by atoms with E-state index in [1.807, 2.05) is 59.1 Å². The molecule has 0 saturated heterocycles. The fourth-order valence-corrected chi connectivity index (χ4v) is 3.45. The molecule has 0 aliphatic rings. The third-order valence-corrected chi connectivity index (χ3v) is 5.35. The molecular formula is C25H38N4O2. The highest BCUT2D eigenvalue weighted by molar-refractivity contribution is 5.92. The number of nitrogens with zero attached hydrogens (tertiary/aromatic N) is 3. The highest BCUT2D eigenvalue weighted by atomic mass is 16.2. The Morgan fingerprint density at radius 3 is 2.32 bits per heavy atom. The minimum atomic E-state index is -0.236. The van der Waals surface area contributed by atoms with E-state index in [0.29, 0.717) is 19.6 Å². The second-order valence-corrected chi connectivity index (χ2v) is 8.53. The smallest absolute Gasteiger partial charge is 0.322 e. The molecule has 1 aromatic carbocycles. The third-order valence-electron chi connectivity index (χ3n) is 5.35. The molecule has 0 unspecified atom stereocenters. The van der Waals surface area contributed by atoms with Crippen LogP contribution >= 0.6 is 0 Å². The van der Waals surface area contributed by atoms with Gasteiger partial charge in [-0.1, -0.05) is 46.2 Å². The van der Waals surface area contributed by atoms with Crippen molar-refractivity contribution in [3.05, 3.63) is 53.9 Å². The Morgan fingerprint density at radius 2 is 1.77 bits per heavy atom. The van der Waals surface area contributed by atoms with E-state index in [4.69, 9.17) is 0 Å². The number of aromatic nitrogens is 1. The van der Waals surface area contributed by atoms with E-state index in [1.54, 1.807) is 4.90 Å². The topological polar surface area (TPSA) is 57.6 Å². The molecule has 31 heavy (non-hydrogen) atoms. The normalized spacial score (nSPS) is 10.9. The van der Waals surface area contributed by atoms with E-state index in [1.165, 1.54) is 5.56 Å². The minimum Gasteiger partial charge on any atom is -0.353 e. The maximum absolute atomic E-state index is 13.2. The highest BCUT2D eigenvalue weighted by Gasteiger charge is 2.22. The number of urea groups is 1. The lowest BCUT2D eigenvalue weighted by molar-refractivity contribution is -0.132. The zero-order chi connectivity index (χ0) is 22.8. The van der Waals surface area contributed by atoms with Crippen molar-refractivity contribution in [3.63, 3.8) is 0 Å². The van der Waals surface area contributed by atoms with Gasteiger partial charge in [-0.25, -0.2) is 4.79 Å². The first-order valence-electron chi connectivity index (χ1n) is 11.4. The van der Waals surface area contributed by atoms with E-state index in [2.05, 4.69) is 33.0 Å². The summed E-state index contributed by atoms with van der Waals surface area (Å²) in [5.74, 6) is 0.241. The lowest BCUT2D eigenvalue weighted by Crippen LogP contribution is -2.46. The summed E-state index contributed by atoms with van der Waals surface area (Å²) in [5.41, 5.74) is 3.05. The predicted octanol–water partition coefficient (Wildman–Crippen LogP) is 4.91. The summed E-state index contributed by atoms with van der Waals surface area (Å²) >= 11 is 0. The van der Waals surface area contributed by atoms with E-state index >= 15 is 0 Å². The minimum absolute atomic E-state index is 0.0215. The maximum atomic E-state index is 13.2. The number of anilines is 1. The average Bonchev–Trinajstić information content (AvgIpc) is 3.15. The van der Waals surface area contributed by atoms with Gasteiger partial charge in [0, 0.05) is 37.7 Å². The lowest BCUT2D eigenvalue weighted by Gasteiger charge is -2.29. The second kappa shape index (κ2) is 12.2. The number of unbranched alkanes of at least 4 members (excludes halogenated alkanes) is 1. The monoisotopic (exact) mass is 426 g/mol. The fourth-order valence-electron chi connectivity index (χ4n) is 3.45. The molecular weight excluding hydrogens is 388 g/mol. The molecule has 0 aliphatic carbocycles. The zero-order valence-electron chi connectivity index (χ0n) is 19.7. The van der Waals surface area contributed by atoms with Gasteiger partial charge in [0.05, 0.1) is 6.54 Å². The molecule has 0 bridgehead atoms. The number of nitrogens with one attached hydrogen (secondary N) is 1. The molecule has 2 rings (SSSR count). The molecule has 170 valence electrons. The van der Waals surface area contributed by atoms with Crippen LogP contribution in [0.5, 0.6) is 0 Å². The SMILES string of the molecule is CCCCN(Cc1cccn1C)C(=O)CN(CC(C)C)C(=O)Nc1ccc(CC)cc1. The summed E-state index contributed by atoms with van der Waals surface area (Å²) in [4.78, 5) is 29.7. The number of amides is 3. The molecule has 0 fully saturated rings. The van der Waals surface area contributed by atoms with Gasteiger partial charge in [-0.05, 0) is 48.6 Å². The number of carbonyl (C=O) groups excluding carboxylic acids is 2. The van der Waals surface area contributed by atoms with Crippen molar-refractivity contribution in [3.8, 4) is 0 Å². The first kappa shape index (κ1) is 24.5. The van der Waals surface area contributed by atoms with Crippen LogP contribution in [0.15, 0.2) is 42.6 Å². The molecule has 6 heteroatoms. The van der Waals surface area contributed by atoms with Crippen LogP contribution in [-0.2, 0) is 24.8 Å². The van der Waals surface area contributed by atoms with Gasteiger partial charge in [0.15, 0.2) is 0 Å². The molecule has 2 aromatic rings. The summed E-state index contributed by atoms with van der Waals surface area (Å²) in [7, 11) is 1.99. The van der Waals surface area contributed by atoms with Crippen LogP contribution in [0.25, 0.3) is 0 Å². The van der Waals surface area contributed by atoms with Gasteiger partial charge in [0.25, 0.3) is 0 Å². The number of benzene rings is 1. The third kappa shape index (κ3) is 7.78. The Labute approximate surface area is 187 Å². The molecule has 0 aliphatic heterocycles. The Bertz CT molecular complexity index is 826. The quantitative estimate of drug-likeness (QED) is 0.555. The number of aryl methyl sites for hydroxylation is 2. The van der Waals surface area contributed by atoms with Gasteiger partial charge in [-0.2, -0.15) is 0 Å². The van der Waals surface area contributed by atoms with Crippen LogP contribution in [0.4, 0.5) is 10.5 Å². The van der Waals surface area contributed by atoms with E-state index in [-0.39, 0.29) is 24.4 Å². The summed E-state index contributed by atoms with van der Waals surface area (Å²) in [6.07, 6.45) is 4.90. The van der Waals surface area contributed by atoms with Crippen molar-refractivity contribution < 1.29 is 9.59 Å². The first-order valence-corrected chi connectivity index (χ1v) is 11.4. The number of rotatable bonds is 11. The van der Waals surface area contributed by atoms with Gasteiger partial charge in [-0.3, -0.25) is 4.79 Å². The highest BCUT2D eigenvalue weighted by Crippen LogP contribution is 2.13. The lowest BCUT2D eigenvalue weighted by atomic mass is 10.1. The molecule has 0 radical (unpaired) electrons. The van der Waals surface area contributed by atoms with Crippen LogP contribution in [-0.4, -0.2) is 45.9 Å². The Morgan fingerprint density at radius 1 is 1.06 bits per heavy atom. The predicted molar refractivity (Wildman–Crippen MR) is 127 cm³/mol. The Balaban J connectivity index is 2.10. The molecule has 1 heterocycles. The van der Waals surface area contributed by atoms with Crippen molar-refractivity contribution in [1.29, 1.82) is 0 Å². The molecule has 0 atom stereocenters. The fraction of sp³-hybridized carbons (Fsp3) is 0.520. The number of carbonyl (C=O) groups is 2. The summed E-state index contributed by atoms with van der Waals surface area (Å²) in [6, 6.07) is 11.6. The van der Waals surface area contributed by atoms with Crippen LogP contribution in [0.3, 0.4) is 0 Å². The number of hydrogen-bond donors (Lipinski definition) is 1. The molecule has 0 saturated carbocycles. The van der Waals surface area contributed by atoms with E-state index in [9.17, 15) is 9.59 Å². The van der Waals surface area contributed by atoms with Crippen LogP contribution in [0, 0.1) is 5.92 Å². The Hall–Kier alpha value is -2.76. The van der Waals surface area contributed by atoms with Gasteiger partial charge < -0.3 is 19.7 Å². The van der Waals surface area contributed by atoms with Crippen molar-refractivity contribution in [2.45, 2.75) is 53.5 Å². The van der Waals surface area contributed by atoms with Gasteiger partial charge in [-0.15, -0.1) is 0 Å².